The number of hydrogen-bond donors (Lipinski definition) is 2. The minimum Gasteiger partial charge on any atom is -0.507 e. The number of tetrazole rings is 1. The van der Waals surface area contributed by atoms with E-state index in [0.717, 1.165) is 24.2 Å². The molecule has 0 amide bonds. The van der Waals surface area contributed by atoms with Gasteiger partial charge in [0.25, 0.3) is 0 Å². The Balaban J connectivity index is 1.42. The zero-order chi connectivity index (χ0) is 23.1. The molecule has 1 aromatic heterocycles. The van der Waals surface area contributed by atoms with E-state index in [1.165, 1.54) is 0 Å². The van der Waals surface area contributed by atoms with Crippen molar-refractivity contribution in [2.75, 3.05) is 13.2 Å². The van der Waals surface area contributed by atoms with Gasteiger partial charge >= 0.3 is 0 Å². The first kappa shape index (κ1) is 23.2. The van der Waals surface area contributed by atoms with Gasteiger partial charge in [-0.05, 0) is 66.8 Å². The predicted molar refractivity (Wildman–Crippen MR) is 121 cm³/mol. The van der Waals surface area contributed by atoms with Crippen molar-refractivity contribution >= 4 is 5.78 Å². The summed E-state index contributed by atoms with van der Waals surface area (Å²) in [6.07, 6.45) is 1.99. The normalized spacial score (nSPS) is 11.4. The summed E-state index contributed by atoms with van der Waals surface area (Å²) in [5.41, 5.74) is 1.67. The summed E-state index contributed by atoms with van der Waals surface area (Å²) in [5.74, 6) is 1.85. The molecule has 0 fully saturated rings. The molecule has 8 nitrogen and oxygen atoms in total. The fraction of sp³-hybridized carbons (Fsp3) is 0.417. The topological polar surface area (TPSA) is 110 Å². The number of carbonyl (C=O) groups excluding carboxylic acids is 1. The number of aromatic nitrogens is 4. The van der Waals surface area contributed by atoms with Gasteiger partial charge in [-0.2, -0.15) is 5.21 Å². The fourth-order valence-electron chi connectivity index (χ4n) is 3.20. The molecule has 32 heavy (non-hydrogen) atoms. The molecular weight excluding hydrogens is 408 g/mol. The molecule has 0 radical (unpaired) electrons. The Kier molecular flexibility index (Phi) is 7.45. The molecule has 2 aromatic carbocycles. The Morgan fingerprint density at radius 2 is 1.72 bits per heavy atom. The number of phenolic OH excluding ortho intramolecular Hbond substituents is 1. The van der Waals surface area contributed by atoms with Crippen molar-refractivity contribution in [3.63, 3.8) is 0 Å². The maximum atomic E-state index is 12.4. The Labute approximate surface area is 188 Å². The molecule has 0 bridgehead atoms. The van der Waals surface area contributed by atoms with E-state index in [1.54, 1.807) is 19.1 Å². The molecule has 0 aliphatic heterocycles. The van der Waals surface area contributed by atoms with Crippen molar-refractivity contribution < 1.29 is 19.4 Å². The Bertz CT molecular complexity index is 1030. The number of ether oxygens (including phenoxy) is 2. The monoisotopic (exact) mass is 438 g/mol. The van der Waals surface area contributed by atoms with Crippen molar-refractivity contribution in [1.29, 1.82) is 0 Å². The van der Waals surface area contributed by atoms with Crippen LogP contribution in [0.25, 0.3) is 11.4 Å². The number of aromatic hydroxyl groups is 1. The number of phenols is 1. The molecule has 0 unspecified atom stereocenters. The Hall–Kier alpha value is -3.42. The lowest BCUT2D eigenvalue weighted by atomic mass is 9.87. The Morgan fingerprint density at radius 1 is 1.03 bits per heavy atom. The van der Waals surface area contributed by atoms with Crippen LogP contribution in [0.4, 0.5) is 0 Å². The molecule has 0 aliphatic carbocycles. The van der Waals surface area contributed by atoms with Gasteiger partial charge in [-0.1, -0.05) is 20.8 Å². The van der Waals surface area contributed by atoms with Crippen molar-refractivity contribution in [2.45, 2.75) is 47.0 Å². The third-order valence-corrected chi connectivity index (χ3v) is 4.90. The van der Waals surface area contributed by atoms with Crippen molar-refractivity contribution in [3.05, 3.63) is 47.5 Å². The fourth-order valence-corrected chi connectivity index (χ4v) is 3.20. The van der Waals surface area contributed by atoms with Gasteiger partial charge in [0.2, 0.25) is 5.82 Å². The summed E-state index contributed by atoms with van der Waals surface area (Å²) in [5, 5.41) is 24.3. The summed E-state index contributed by atoms with van der Waals surface area (Å²) in [4.78, 5) is 12.4. The smallest absolute Gasteiger partial charge is 0.204 e. The first-order valence-corrected chi connectivity index (χ1v) is 10.7. The summed E-state index contributed by atoms with van der Waals surface area (Å²) in [7, 11) is 0. The van der Waals surface area contributed by atoms with Crippen LogP contribution in [0.3, 0.4) is 0 Å². The largest absolute Gasteiger partial charge is 0.507 e. The van der Waals surface area contributed by atoms with Gasteiger partial charge in [0.15, 0.2) is 5.78 Å². The van der Waals surface area contributed by atoms with Crippen molar-refractivity contribution in [2.24, 2.45) is 5.41 Å². The van der Waals surface area contributed by atoms with Crippen molar-refractivity contribution in [1.82, 2.24) is 20.6 Å². The zero-order valence-electron chi connectivity index (χ0n) is 19.0. The number of nitrogens with one attached hydrogen (secondary N) is 1. The number of carbonyl (C=O) groups is 1. The van der Waals surface area contributed by atoms with E-state index in [2.05, 4.69) is 20.6 Å². The second-order valence-electron chi connectivity index (χ2n) is 8.91. The molecule has 0 saturated heterocycles. The average Bonchev–Trinajstić information content (AvgIpc) is 3.27. The summed E-state index contributed by atoms with van der Waals surface area (Å²) >= 11 is 0. The first-order chi connectivity index (χ1) is 15.2. The molecule has 0 aliphatic rings. The van der Waals surface area contributed by atoms with Gasteiger partial charge in [-0.25, -0.2) is 0 Å². The van der Waals surface area contributed by atoms with E-state index in [9.17, 15) is 9.90 Å². The van der Waals surface area contributed by atoms with Crippen LogP contribution in [-0.2, 0) is 0 Å². The van der Waals surface area contributed by atoms with Gasteiger partial charge in [-0.3, -0.25) is 4.79 Å². The highest BCUT2D eigenvalue weighted by molar-refractivity contribution is 5.99. The van der Waals surface area contributed by atoms with Gasteiger partial charge in [0.1, 0.15) is 17.2 Å². The standard InChI is InChI=1S/C24H30N4O4/c1-16-21(12-11-19(22(16)30)20(29)15-24(2,3)4)32-14-6-5-13-31-18-9-7-17(8-10-18)23-25-27-28-26-23/h7-12,30H,5-6,13-15H2,1-4H3,(H,25,26,27,28). The lowest BCUT2D eigenvalue weighted by Crippen LogP contribution is -2.13. The van der Waals surface area contributed by atoms with Gasteiger partial charge in [-0.15, -0.1) is 10.2 Å². The number of rotatable bonds is 10. The number of hydrogen-bond acceptors (Lipinski definition) is 7. The van der Waals surface area contributed by atoms with Crippen LogP contribution in [-0.4, -0.2) is 44.7 Å². The number of aromatic amines is 1. The number of benzene rings is 2. The van der Waals surface area contributed by atoms with Crippen LogP contribution < -0.4 is 9.47 Å². The third kappa shape index (κ3) is 6.29. The van der Waals surface area contributed by atoms with Crippen LogP contribution >= 0.6 is 0 Å². The van der Waals surface area contributed by atoms with Crippen LogP contribution in [0.2, 0.25) is 0 Å². The number of unbranched alkanes of at least 4 members (excludes halogenated alkanes) is 1. The van der Waals surface area contributed by atoms with E-state index in [1.807, 2.05) is 45.0 Å². The van der Waals surface area contributed by atoms with E-state index in [0.29, 0.717) is 42.3 Å². The molecule has 0 saturated carbocycles. The molecule has 1 heterocycles. The maximum Gasteiger partial charge on any atom is 0.204 e. The van der Waals surface area contributed by atoms with E-state index < -0.39 is 0 Å². The predicted octanol–water partition coefficient (Wildman–Crippen LogP) is 4.74. The van der Waals surface area contributed by atoms with Crippen LogP contribution in [0.15, 0.2) is 36.4 Å². The van der Waals surface area contributed by atoms with Crippen LogP contribution in [0, 0.1) is 12.3 Å². The van der Waals surface area contributed by atoms with Crippen LogP contribution in [0.1, 0.15) is 56.0 Å². The second kappa shape index (κ2) is 10.3. The summed E-state index contributed by atoms with van der Waals surface area (Å²) < 4.78 is 11.6. The number of H-pyrrole nitrogens is 1. The minimum atomic E-state index is -0.134. The van der Waals surface area contributed by atoms with Crippen molar-refractivity contribution in [3.8, 4) is 28.6 Å². The second-order valence-corrected chi connectivity index (χ2v) is 8.91. The molecule has 170 valence electrons. The van der Waals surface area contributed by atoms with E-state index in [-0.39, 0.29) is 16.9 Å². The highest BCUT2D eigenvalue weighted by Gasteiger charge is 2.21. The lowest BCUT2D eigenvalue weighted by Gasteiger charge is -2.18. The van der Waals surface area contributed by atoms with Crippen LogP contribution in [0.5, 0.6) is 17.2 Å². The Morgan fingerprint density at radius 3 is 2.34 bits per heavy atom. The molecule has 3 rings (SSSR count). The first-order valence-electron chi connectivity index (χ1n) is 10.7. The molecule has 8 heteroatoms. The average molecular weight is 439 g/mol. The maximum absolute atomic E-state index is 12.4. The molecular formula is C24H30N4O4. The van der Waals surface area contributed by atoms with Gasteiger partial charge in [0, 0.05) is 17.5 Å². The number of Topliss-reactive ketones (excluding diaryl/α,β-unsaturated/α-hetero) is 1. The third-order valence-electron chi connectivity index (χ3n) is 4.90. The molecule has 0 spiro atoms. The molecule has 3 aromatic rings. The highest BCUT2D eigenvalue weighted by atomic mass is 16.5. The quantitative estimate of drug-likeness (QED) is 0.347. The van der Waals surface area contributed by atoms with Gasteiger partial charge in [0.05, 0.1) is 18.8 Å². The zero-order valence-corrected chi connectivity index (χ0v) is 19.0. The number of ketones is 1. The number of nitrogens with zero attached hydrogens (tertiary/aromatic N) is 3. The van der Waals surface area contributed by atoms with Gasteiger partial charge < -0.3 is 14.6 Å². The van der Waals surface area contributed by atoms with E-state index in [4.69, 9.17) is 9.47 Å². The minimum absolute atomic E-state index is 0.00403. The van der Waals surface area contributed by atoms with E-state index >= 15 is 0 Å². The molecule has 0 atom stereocenters. The molecule has 2 N–H and O–H groups in total. The summed E-state index contributed by atoms with van der Waals surface area (Å²) in [6, 6.07) is 10.9. The SMILES string of the molecule is Cc1c(OCCCCOc2ccc(-c3nn[nH]n3)cc2)ccc(C(=O)CC(C)(C)C)c1O. The summed E-state index contributed by atoms with van der Waals surface area (Å²) in [6.45, 7) is 8.83. The lowest BCUT2D eigenvalue weighted by molar-refractivity contribution is 0.0937. The highest BCUT2D eigenvalue weighted by Crippen LogP contribution is 2.33.